The fourth-order valence-corrected chi connectivity index (χ4v) is 4.86. The minimum Gasteiger partial charge on any atom is -0.316 e. The number of rotatable bonds is 7. The zero-order chi connectivity index (χ0) is 17.1. The van der Waals surface area contributed by atoms with E-state index in [1.165, 1.54) is 96.6 Å². The average molecular weight is 332 g/mol. The Morgan fingerprint density at radius 1 is 0.958 bits per heavy atom. The number of hydrogen-bond acceptors (Lipinski definition) is 1. The second kappa shape index (κ2) is 11.1. The molecule has 0 saturated heterocycles. The van der Waals surface area contributed by atoms with Gasteiger partial charge in [-0.1, -0.05) is 76.2 Å². The van der Waals surface area contributed by atoms with Gasteiger partial charge in [0.15, 0.2) is 0 Å². The molecule has 0 heterocycles. The summed E-state index contributed by atoms with van der Waals surface area (Å²) in [4.78, 5) is 0. The van der Waals surface area contributed by atoms with Gasteiger partial charge in [0, 0.05) is 6.54 Å². The van der Waals surface area contributed by atoms with Gasteiger partial charge in [-0.15, -0.1) is 0 Å². The van der Waals surface area contributed by atoms with Gasteiger partial charge >= 0.3 is 0 Å². The highest BCUT2D eigenvalue weighted by Gasteiger charge is 2.48. The number of nitrogens with one attached hydrogen (secondary N) is 1. The Balaban J connectivity index is 0.000000368. The molecule has 1 heteroatoms. The first-order chi connectivity index (χ1) is 11.8. The smallest absolute Gasteiger partial charge is 0.00105 e. The van der Waals surface area contributed by atoms with Crippen LogP contribution in [0.1, 0.15) is 90.4 Å². The summed E-state index contributed by atoms with van der Waals surface area (Å²) in [6, 6.07) is 0. The highest BCUT2D eigenvalue weighted by atomic mass is 14.9. The van der Waals surface area contributed by atoms with Crippen molar-refractivity contribution in [3.63, 3.8) is 0 Å². The molecule has 0 aromatic rings. The molecule has 3 aliphatic carbocycles. The van der Waals surface area contributed by atoms with Crippen LogP contribution in [0.4, 0.5) is 0 Å². The molecule has 0 radical (unpaired) electrons. The van der Waals surface area contributed by atoms with E-state index in [4.69, 9.17) is 0 Å². The van der Waals surface area contributed by atoms with Gasteiger partial charge in [-0.2, -0.15) is 0 Å². The standard InChI is InChI=1S/C18H33N.C5H8/c1-3-7-16(8-4-1)11-14-19-15-18(12-13-18)17-9-5-2-6-10-17;1-3-5-4-2/h16-17,19H,1-15H2;3-5H,1H2,2H3/b;5-4-. The SMILES string of the molecule is C1CCC(CCNCC2(C3CCCCC3)CC2)CC1.C=C/C=C\C. The molecule has 1 N–H and O–H groups in total. The maximum Gasteiger partial charge on any atom is 0.00105 e. The zero-order valence-corrected chi connectivity index (χ0v) is 16.2. The Morgan fingerprint density at radius 2 is 1.58 bits per heavy atom. The molecule has 0 amide bonds. The maximum absolute atomic E-state index is 3.83. The molecular weight excluding hydrogens is 290 g/mol. The fraction of sp³-hybridized carbons (Fsp3) is 0.826. The summed E-state index contributed by atoms with van der Waals surface area (Å²) in [6.07, 6.45) is 25.2. The molecule has 1 nitrogen and oxygen atoms in total. The first-order valence-corrected chi connectivity index (χ1v) is 10.7. The Labute approximate surface area is 151 Å². The van der Waals surface area contributed by atoms with E-state index >= 15 is 0 Å². The van der Waals surface area contributed by atoms with Crippen molar-refractivity contribution >= 4 is 0 Å². The molecule has 3 fully saturated rings. The summed E-state index contributed by atoms with van der Waals surface area (Å²) < 4.78 is 0. The molecular formula is C23H41N. The van der Waals surface area contributed by atoms with E-state index in [1.54, 1.807) is 6.08 Å². The van der Waals surface area contributed by atoms with Crippen molar-refractivity contribution < 1.29 is 0 Å². The van der Waals surface area contributed by atoms with Crippen LogP contribution in [0.25, 0.3) is 0 Å². The van der Waals surface area contributed by atoms with Gasteiger partial charge in [-0.05, 0) is 62.8 Å². The lowest BCUT2D eigenvalue weighted by molar-refractivity contribution is 0.218. The van der Waals surface area contributed by atoms with E-state index in [-0.39, 0.29) is 0 Å². The van der Waals surface area contributed by atoms with Crippen LogP contribution in [0.3, 0.4) is 0 Å². The van der Waals surface area contributed by atoms with Crippen LogP contribution < -0.4 is 5.32 Å². The normalized spacial score (nSPS) is 24.4. The molecule has 0 bridgehead atoms. The summed E-state index contributed by atoms with van der Waals surface area (Å²) in [6.45, 7) is 8.05. The molecule has 0 spiro atoms. The lowest BCUT2D eigenvalue weighted by Gasteiger charge is -2.31. The monoisotopic (exact) mass is 331 g/mol. The quantitative estimate of drug-likeness (QED) is 0.406. The molecule has 138 valence electrons. The molecule has 0 atom stereocenters. The Morgan fingerprint density at radius 3 is 2.08 bits per heavy atom. The third-order valence-corrected chi connectivity index (χ3v) is 6.62. The van der Waals surface area contributed by atoms with Crippen molar-refractivity contribution in [3.8, 4) is 0 Å². The molecule has 3 saturated carbocycles. The Bertz CT molecular complexity index is 354. The van der Waals surface area contributed by atoms with Gasteiger partial charge in [-0.25, -0.2) is 0 Å². The summed E-state index contributed by atoms with van der Waals surface area (Å²) in [7, 11) is 0. The van der Waals surface area contributed by atoms with Crippen LogP contribution in [0.2, 0.25) is 0 Å². The van der Waals surface area contributed by atoms with E-state index in [0.29, 0.717) is 0 Å². The van der Waals surface area contributed by atoms with E-state index in [2.05, 4.69) is 11.9 Å². The summed E-state index contributed by atoms with van der Waals surface area (Å²) in [5, 5.41) is 3.83. The number of hydrogen-bond donors (Lipinski definition) is 1. The van der Waals surface area contributed by atoms with Crippen LogP contribution in [0, 0.1) is 17.3 Å². The molecule has 0 aliphatic heterocycles. The van der Waals surface area contributed by atoms with Gasteiger partial charge in [0.2, 0.25) is 0 Å². The molecule has 0 aromatic carbocycles. The van der Waals surface area contributed by atoms with Crippen LogP contribution in [-0.2, 0) is 0 Å². The van der Waals surface area contributed by atoms with Crippen LogP contribution in [-0.4, -0.2) is 13.1 Å². The van der Waals surface area contributed by atoms with Crippen molar-refractivity contribution in [3.05, 3.63) is 24.8 Å². The second-order valence-electron chi connectivity index (χ2n) is 8.43. The van der Waals surface area contributed by atoms with E-state index in [0.717, 1.165) is 17.3 Å². The molecule has 0 aromatic heterocycles. The van der Waals surface area contributed by atoms with Crippen molar-refractivity contribution in [2.75, 3.05) is 13.1 Å². The lowest BCUT2D eigenvalue weighted by atomic mass is 9.77. The predicted octanol–water partition coefficient (Wildman–Crippen LogP) is 6.66. The lowest BCUT2D eigenvalue weighted by Crippen LogP contribution is -2.32. The second-order valence-corrected chi connectivity index (χ2v) is 8.43. The van der Waals surface area contributed by atoms with Gasteiger partial charge < -0.3 is 5.32 Å². The Kier molecular flexibility index (Phi) is 9.17. The van der Waals surface area contributed by atoms with E-state index in [1.807, 2.05) is 19.1 Å². The van der Waals surface area contributed by atoms with Crippen LogP contribution in [0.5, 0.6) is 0 Å². The van der Waals surface area contributed by atoms with Crippen molar-refractivity contribution in [2.24, 2.45) is 17.3 Å². The van der Waals surface area contributed by atoms with Gasteiger partial charge in [0.1, 0.15) is 0 Å². The van der Waals surface area contributed by atoms with Gasteiger partial charge in [0.05, 0.1) is 0 Å². The van der Waals surface area contributed by atoms with Crippen LogP contribution >= 0.6 is 0 Å². The topological polar surface area (TPSA) is 12.0 Å². The highest BCUT2D eigenvalue weighted by Crippen LogP contribution is 2.55. The minimum absolute atomic E-state index is 0.757. The summed E-state index contributed by atoms with van der Waals surface area (Å²) in [5.74, 6) is 2.12. The highest BCUT2D eigenvalue weighted by molar-refractivity contribution is 5.00. The minimum atomic E-state index is 0.757. The molecule has 3 aliphatic rings. The third kappa shape index (κ3) is 6.75. The molecule has 0 unspecified atom stereocenters. The third-order valence-electron chi connectivity index (χ3n) is 6.62. The van der Waals surface area contributed by atoms with Crippen molar-refractivity contribution in [1.82, 2.24) is 5.32 Å². The summed E-state index contributed by atoms with van der Waals surface area (Å²) in [5.41, 5.74) is 0.757. The van der Waals surface area contributed by atoms with Crippen molar-refractivity contribution in [1.29, 1.82) is 0 Å². The average Bonchev–Trinajstić information content (AvgIpc) is 3.43. The van der Waals surface area contributed by atoms with Crippen LogP contribution in [0.15, 0.2) is 24.8 Å². The fourth-order valence-electron chi connectivity index (χ4n) is 4.86. The first kappa shape index (κ1) is 19.8. The number of allylic oxidation sites excluding steroid dienone is 3. The largest absolute Gasteiger partial charge is 0.316 e. The van der Waals surface area contributed by atoms with Gasteiger partial charge in [-0.3, -0.25) is 0 Å². The molecule has 24 heavy (non-hydrogen) atoms. The van der Waals surface area contributed by atoms with E-state index in [9.17, 15) is 0 Å². The Hall–Kier alpha value is -0.560. The zero-order valence-electron chi connectivity index (χ0n) is 16.2. The maximum atomic E-state index is 3.83. The molecule has 3 rings (SSSR count). The predicted molar refractivity (Wildman–Crippen MR) is 107 cm³/mol. The van der Waals surface area contributed by atoms with Gasteiger partial charge in [0.25, 0.3) is 0 Å². The first-order valence-electron chi connectivity index (χ1n) is 10.7. The van der Waals surface area contributed by atoms with Crippen molar-refractivity contribution in [2.45, 2.75) is 90.4 Å². The van der Waals surface area contributed by atoms with E-state index < -0.39 is 0 Å². The summed E-state index contributed by atoms with van der Waals surface area (Å²) >= 11 is 0.